The number of rotatable bonds is 3. The highest BCUT2D eigenvalue weighted by molar-refractivity contribution is 6.12. The van der Waals surface area contributed by atoms with E-state index in [0.717, 1.165) is 17.5 Å². The molecule has 0 fully saturated rings. The first-order valence-electron chi connectivity index (χ1n) is 10.0. The zero-order valence-corrected chi connectivity index (χ0v) is 19.1. The molecule has 3 rings (SSSR count). The Morgan fingerprint density at radius 2 is 1.71 bits per heavy atom. The maximum Gasteiger partial charge on any atom is 0.223 e. The third-order valence-corrected chi connectivity index (χ3v) is 7.90. The van der Waals surface area contributed by atoms with Gasteiger partial charge in [0.15, 0.2) is 0 Å². The van der Waals surface area contributed by atoms with Gasteiger partial charge in [0.25, 0.3) is 0 Å². The maximum absolute atomic E-state index is 13.5. The molecular formula is C24H34N2O2. The average Bonchev–Trinajstić information content (AvgIpc) is 2.85. The summed E-state index contributed by atoms with van der Waals surface area (Å²) in [7, 11) is 3.39. The standard InChI is InChI=1S/C24H34N2O2/c1-14-17(20(27)18-15(2)25-26(9)21(18)28-10)12-11-16-13-22(3,4)24(7,8)23(5,6)19(14)16/h11-12H,13H2,1-10H3. The number of ether oxygens (including phenoxy) is 1. The SMILES string of the molecule is COc1c(C(=O)c2ccc3c(c2C)C(C)(C)C(C)(C)C(C)(C)C3)c(C)nn1C. The number of nitrogens with zero attached hydrogens (tertiary/aromatic N) is 2. The zero-order chi connectivity index (χ0) is 21.2. The maximum atomic E-state index is 13.5. The van der Waals surface area contributed by atoms with E-state index in [1.807, 2.05) is 13.0 Å². The van der Waals surface area contributed by atoms with Gasteiger partial charge in [-0.1, -0.05) is 53.7 Å². The number of ketones is 1. The summed E-state index contributed by atoms with van der Waals surface area (Å²) in [4.78, 5) is 13.5. The molecule has 0 radical (unpaired) electrons. The molecule has 152 valence electrons. The van der Waals surface area contributed by atoms with Gasteiger partial charge in [-0.15, -0.1) is 0 Å². The summed E-state index contributed by atoms with van der Waals surface area (Å²) in [5.41, 5.74) is 5.97. The molecule has 0 spiro atoms. The van der Waals surface area contributed by atoms with Crippen LogP contribution in [0.25, 0.3) is 0 Å². The highest BCUT2D eigenvalue weighted by Crippen LogP contribution is 2.59. The van der Waals surface area contributed by atoms with E-state index < -0.39 is 0 Å². The van der Waals surface area contributed by atoms with Crippen molar-refractivity contribution in [1.29, 1.82) is 0 Å². The molecule has 0 unspecified atom stereocenters. The van der Waals surface area contributed by atoms with Crippen LogP contribution in [0.1, 0.15) is 79.8 Å². The van der Waals surface area contributed by atoms with Gasteiger partial charge in [-0.2, -0.15) is 5.10 Å². The van der Waals surface area contributed by atoms with Gasteiger partial charge in [0.1, 0.15) is 5.56 Å². The first-order chi connectivity index (χ1) is 12.8. The van der Waals surface area contributed by atoms with E-state index in [1.54, 1.807) is 18.8 Å². The fourth-order valence-corrected chi connectivity index (χ4v) is 5.15. The van der Waals surface area contributed by atoms with Crippen molar-refractivity contribution in [3.05, 3.63) is 45.6 Å². The van der Waals surface area contributed by atoms with E-state index >= 15 is 0 Å². The lowest BCUT2D eigenvalue weighted by atomic mass is 9.47. The minimum Gasteiger partial charge on any atom is -0.481 e. The van der Waals surface area contributed by atoms with Crippen LogP contribution in [0.15, 0.2) is 12.1 Å². The Morgan fingerprint density at radius 1 is 1.11 bits per heavy atom. The van der Waals surface area contributed by atoms with Crippen molar-refractivity contribution in [2.75, 3.05) is 7.11 Å². The predicted molar refractivity (Wildman–Crippen MR) is 113 cm³/mol. The van der Waals surface area contributed by atoms with Crippen LogP contribution in [0, 0.1) is 24.7 Å². The second kappa shape index (κ2) is 6.20. The quantitative estimate of drug-likeness (QED) is 0.689. The van der Waals surface area contributed by atoms with Crippen molar-refractivity contribution in [2.24, 2.45) is 17.9 Å². The topological polar surface area (TPSA) is 44.1 Å². The van der Waals surface area contributed by atoms with Crippen LogP contribution in [-0.2, 0) is 18.9 Å². The number of carbonyl (C=O) groups is 1. The Kier molecular flexibility index (Phi) is 4.57. The molecule has 0 saturated heterocycles. The summed E-state index contributed by atoms with van der Waals surface area (Å²) >= 11 is 0. The van der Waals surface area contributed by atoms with Crippen LogP contribution in [0.3, 0.4) is 0 Å². The zero-order valence-electron chi connectivity index (χ0n) is 19.1. The van der Waals surface area contributed by atoms with E-state index in [1.165, 1.54) is 11.1 Å². The van der Waals surface area contributed by atoms with Gasteiger partial charge in [-0.3, -0.25) is 4.79 Å². The number of aromatic nitrogens is 2. The molecule has 4 nitrogen and oxygen atoms in total. The van der Waals surface area contributed by atoms with E-state index in [-0.39, 0.29) is 22.0 Å². The minimum atomic E-state index is -0.0570. The number of aryl methyl sites for hydroxylation is 2. The van der Waals surface area contributed by atoms with E-state index in [9.17, 15) is 4.79 Å². The van der Waals surface area contributed by atoms with Gasteiger partial charge in [0.05, 0.1) is 12.8 Å². The normalized spacial score (nSPS) is 19.2. The van der Waals surface area contributed by atoms with Gasteiger partial charge in [-0.25, -0.2) is 4.68 Å². The number of methoxy groups -OCH3 is 1. The van der Waals surface area contributed by atoms with Crippen LogP contribution in [0.4, 0.5) is 0 Å². The molecule has 1 aromatic heterocycles. The van der Waals surface area contributed by atoms with Gasteiger partial charge in [-0.05, 0) is 53.2 Å². The van der Waals surface area contributed by atoms with Gasteiger partial charge in [0, 0.05) is 12.6 Å². The fraction of sp³-hybridized carbons (Fsp3) is 0.583. The Labute approximate surface area is 169 Å². The number of fused-ring (bicyclic) bond motifs is 1. The number of hydrogen-bond acceptors (Lipinski definition) is 3. The Balaban J connectivity index is 2.23. The van der Waals surface area contributed by atoms with Gasteiger partial charge >= 0.3 is 0 Å². The lowest BCUT2D eigenvalue weighted by molar-refractivity contribution is 0.0150. The molecule has 2 aromatic rings. The van der Waals surface area contributed by atoms with E-state index in [2.05, 4.69) is 59.6 Å². The molecule has 1 aromatic carbocycles. The summed E-state index contributed by atoms with van der Waals surface area (Å²) in [5.74, 6) is 0.501. The minimum absolute atomic E-state index is 0.0128. The third kappa shape index (κ3) is 2.57. The van der Waals surface area contributed by atoms with Crippen LogP contribution < -0.4 is 4.74 Å². The molecule has 1 aliphatic rings. The summed E-state index contributed by atoms with van der Waals surface area (Å²) in [6.45, 7) is 18.0. The summed E-state index contributed by atoms with van der Waals surface area (Å²) in [6.07, 6.45) is 1.02. The highest BCUT2D eigenvalue weighted by Gasteiger charge is 2.53. The van der Waals surface area contributed by atoms with Crippen molar-refractivity contribution in [3.63, 3.8) is 0 Å². The van der Waals surface area contributed by atoms with Crippen LogP contribution >= 0.6 is 0 Å². The monoisotopic (exact) mass is 382 g/mol. The second-order valence-electron chi connectivity index (χ2n) is 10.0. The van der Waals surface area contributed by atoms with Gasteiger partial charge < -0.3 is 4.74 Å². The molecule has 0 atom stereocenters. The molecule has 1 aliphatic carbocycles. The molecule has 28 heavy (non-hydrogen) atoms. The van der Waals surface area contributed by atoms with Crippen molar-refractivity contribution >= 4 is 5.78 Å². The van der Waals surface area contributed by atoms with Crippen molar-refractivity contribution in [3.8, 4) is 5.88 Å². The molecule has 0 bridgehead atoms. The lowest BCUT2D eigenvalue weighted by Gasteiger charge is -2.57. The van der Waals surface area contributed by atoms with E-state index in [4.69, 9.17) is 4.74 Å². The van der Waals surface area contributed by atoms with Crippen molar-refractivity contribution in [2.45, 2.75) is 67.2 Å². The molecule has 0 amide bonds. The predicted octanol–water partition coefficient (Wildman–Crippen LogP) is 5.16. The Bertz CT molecular complexity index is 961. The number of carbonyl (C=O) groups excluding carboxylic acids is 1. The Morgan fingerprint density at radius 3 is 2.29 bits per heavy atom. The van der Waals surface area contributed by atoms with Crippen LogP contribution in [0.5, 0.6) is 5.88 Å². The fourth-order valence-electron chi connectivity index (χ4n) is 5.15. The largest absolute Gasteiger partial charge is 0.481 e. The highest BCUT2D eigenvalue weighted by atomic mass is 16.5. The third-order valence-electron chi connectivity index (χ3n) is 7.90. The first kappa shape index (κ1) is 20.6. The van der Waals surface area contributed by atoms with E-state index in [0.29, 0.717) is 17.1 Å². The molecule has 0 aliphatic heterocycles. The van der Waals surface area contributed by atoms with Gasteiger partial charge in [0.2, 0.25) is 11.7 Å². The molecule has 0 N–H and O–H groups in total. The number of benzene rings is 1. The lowest BCUT2D eigenvalue weighted by Crippen LogP contribution is -2.52. The van der Waals surface area contributed by atoms with Crippen molar-refractivity contribution in [1.82, 2.24) is 9.78 Å². The average molecular weight is 383 g/mol. The molecule has 1 heterocycles. The first-order valence-corrected chi connectivity index (χ1v) is 10.0. The second-order valence-corrected chi connectivity index (χ2v) is 10.0. The summed E-state index contributed by atoms with van der Waals surface area (Å²) in [6, 6.07) is 4.15. The molecular weight excluding hydrogens is 348 g/mol. The molecule has 4 heteroatoms. The van der Waals surface area contributed by atoms with Crippen LogP contribution in [0.2, 0.25) is 0 Å². The summed E-state index contributed by atoms with van der Waals surface area (Å²) in [5, 5.41) is 4.39. The van der Waals surface area contributed by atoms with Crippen molar-refractivity contribution < 1.29 is 9.53 Å². The molecule has 0 saturated carbocycles. The summed E-state index contributed by atoms with van der Waals surface area (Å²) < 4.78 is 7.10. The smallest absolute Gasteiger partial charge is 0.223 e. The number of hydrogen-bond donors (Lipinski definition) is 0. The van der Waals surface area contributed by atoms with Crippen LogP contribution in [-0.4, -0.2) is 22.7 Å². The Hall–Kier alpha value is -2.10.